The standard InChI is InChI=1S/C15H18ClN3O2/c1-15(2,3)19-9-10(8-18-19)7-17-11-4-5-13(16)12(6-11)14(20)21/h4-6,8-9,17H,7H2,1-3H3,(H,20,21). The summed E-state index contributed by atoms with van der Waals surface area (Å²) in [5.74, 6) is -1.04. The van der Waals surface area contributed by atoms with Crippen LogP contribution in [-0.4, -0.2) is 20.9 Å². The van der Waals surface area contributed by atoms with E-state index < -0.39 is 5.97 Å². The molecule has 2 aromatic rings. The van der Waals surface area contributed by atoms with Crippen LogP contribution < -0.4 is 5.32 Å². The Kier molecular flexibility index (Phi) is 4.23. The number of aromatic carboxylic acids is 1. The summed E-state index contributed by atoms with van der Waals surface area (Å²) in [5.41, 5.74) is 1.76. The van der Waals surface area contributed by atoms with Crippen LogP contribution in [0.5, 0.6) is 0 Å². The maximum atomic E-state index is 11.0. The molecule has 0 saturated heterocycles. The summed E-state index contributed by atoms with van der Waals surface area (Å²) in [6.45, 7) is 6.80. The van der Waals surface area contributed by atoms with E-state index in [0.717, 1.165) is 5.56 Å². The SMILES string of the molecule is CC(C)(C)n1cc(CNc2ccc(Cl)c(C(=O)O)c2)cn1. The average Bonchev–Trinajstić information content (AvgIpc) is 2.86. The summed E-state index contributed by atoms with van der Waals surface area (Å²) >= 11 is 5.84. The minimum Gasteiger partial charge on any atom is -0.478 e. The smallest absolute Gasteiger partial charge is 0.337 e. The van der Waals surface area contributed by atoms with E-state index >= 15 is 0 Å². The van der Waals surface area contributed by atoms with Gasteiger partial charge in [0.2, 0.25) is 0 Å². The highest BCUT2D eigenvalue weighted by Gasteiger charge is 2.14. The van der Waals surface area contributed by atoms with E-state index in [1.54, 1.807) is 18.3 Å². The fourth-order valence-corrected chi connectivity index (χ4v) is 2.02. The van der Waals surface area contributed by atoms with Gasteiger partial charge < -0.3 is 10.4 Å². The molecule has 0 unspecified atom stereocenters. The Bertz CT molecular complexity index is 659. The molecule has 0 bridgehead atoms. The maximum absolute atomic E-state index is 11.0. The van der Waals surface area contributed by atoms with Crippen molar-refractivity contribution in [3.05, 3.63) is 46.7 Å². The molecule has 0 fully saturated rings. The maximum Gasteiger partial charge on any atom is 0.337 e. The topological polar surface area (TPSA) is 67.2 Å². The molecule has 2 rings (SSSR count). The van der Waals surface area contributed by atoms with Gasteiger partial charge in [0, 0.05) is 24.0 Å². The lowest BCUT2D eigenvalue weighted by Gasteiger charge is -2.18. The van der Waals surface area contributed by atoms with Crippen molar-refractivity contribution in [2.75, 3.05) is 5.32 Å². The number of nitrogens with one attached hydrogen (secondary N) is 1. The highest BCUT2D eigenvalue weighted by atomic mass is 35.5. The first-order chi connectivity index (χ1) is 9.77. The average molecular weight is 308 g/mol. The van der Waals surface area contributed by atoms with E-state index in [9.17, 15) is 4.79 Å². The second-order valence-corrected chi connectivity index (χ2v) is 6.22. The fourth-order valence-electron chi connectivity index (χ4n) is 1.82. The van der Waals surface area contributed by atoms with E-state index in [1.807, 2.05) is 10.9 Å². The van der Waals surface area contributed by atoms with Crippen molar-refractivity contribution in [1.82, 2.24) is 9.78 Å². The van der Waals surface area contributed by atoms with Gasteiger partial charge >= 0.3 is 5.97 Å². The molecule has 1 aromatic heterocycles. The highest BCUT2D eigenvalue weighted by molar-refractivity contribution is 6.33. The van der Waals surface area contributed by atoms with Crippen LogP contribution in [0, 0.1) is 0 Å². The summed E-state index contributed by atoms with van der Waals surface area (Å²) in [5, 5.41) is 16.8. The molecule has 0 amide bonds. The number of anilines is 1. The van der Waals surface area contributed by atoms with Crippen molar-refractivity contribution in [3.63, 3.8) is 0 Å². The van der Waals surface area contributed by atoms with Gasteiger partial charge in [-0.05, 0) is 39.0 Å². The lowest BCUT2D eigenvalue weighted by molar-refractivity contribution is 0.0697. The second-order valence-electron chi connectivity index (χ2n) is 5.82. The largest absolute Gasteiger partial charge is 0.478 e. The molecule has 0 atom stereocenters. The quantitative estimate of drug-likeness (QED) is 0.905. The molecule has 5 nitrogen and oxygen atoms in total. The number of rotatable bonds is 4. The predicted octanol–water partition coefficient (Wildman–Crippen LogP) is 3.60. The molecular formula is C15H18ClN3O2. The van der Waals surface area contributed by atoms with Gasteiger partial charge in [0.15, 0.2) is 0 Å². The van der Waals surface area contributed by atoms with Crippen molar-refractivity contribution in [3.8, 4) is 0 Å². The van der Waals surface area contributed by atoms with Crippen molar-refractivity contribution in [2.45, 2.75) is 32.9 Å². The van der Waals surface area contributed by atoms with Gasteiger partial charge in [-0.15, -0.1) is 0 Å². The number of aromatic nitrogens is 2. The predicted molar refractivity (Wildman–Crippen MR) is 83.0 cm³/mol. The van der Waals surface area contributed by atoms with Crippen LogP contribution in [0.1, 0.15) is 36.7 Å². The third-order valence-corrected chi connectivity index (χ3v) is 3.35. The molecule has 1 heterocycles. The monoisotopic (exact) mass is 307 g/mol. The molecule has 0 radical (unpaired) electrons. The Hall–Kier alpha value is -2.01. The van der Waals surface area contributed by atoms with Gasteiger partial charge in [0.05, 0.1) is 22.3 Å². The first-order valence-corrected chi connectivity index (χ1v) is 6.96. The molecule has 1 aromatic carbocycles. The van der Waals surface area contributed by atoms with Gasteiger partial charge in [0.1, 0.15) is 0 Å². The van der Waals surface area contributed by atoms with Crippen molar-refractivity contribution in [2.24, 2.45) is 0 Å². The van der Waals surface area contributed by atoms with Crippen molar-refractivity contribution >= 4 is 23.3 Å². The zero-order chi connectivity index (χ0) is 15.6. The van der Waals surface area contributed by atoms with Crippen LogP contribution in [0.2, 0.25) is 5.02 Å². The number of nitrogens with zero attached hydrogens (tertiary/aromatic N) is 2. The molecule has 0 aliphatic heterocycles. The molecule has 0 spiro atoms. The lowest BCUT2D eigenvalue weighted by Crippen LogP contribution is -2.21. The normalized spacial score (nSPS) is 11.4. The van der Waals surface area contributed by atoms with Gasteiger partial charge in [-0.3, -0.25) is 4.68 Å². The third-order valence-electron chi connectivity index (χ3n) is 3.02. The molecule has 2 N–H and O–H groups in total. The minimum atomic E-state index is -1.04. The first-order valence-electron chi connectivity index (χ1n) is 6.58. The summed E-state index contributed by atoms with van der Waals surface area (Å²) in [6, 6.07) is 4.85. The number of hydrogen-bond acceptors (Lipinski definition) is 3. The Morgan fingerprint density at radius 1 is 1.43 bits per heavy atom. The fraction of sp³-hybridized carbons (Fsp3) is 0.333. The number of carboxylic acid groups (broad SMARTS) is 1. The molecule has 0 aliphatic carbocycles. The molecular weight excluding hydrogens is 290 g/mol. The number of carboxylic acids is 1. The van der Waals surface area contributed by atoms with Crippen LogP contribution in [0.25, 0.3) is 0 Å². The molecule has 21 heavy (non-hydrogen) atoms. The molecule has 112 valence electrons. The van der Waals surface area contributed by atoms with Gasteiger partial charge in [0.25, 0.3) is 0 Å². The van der Waals surface area contributed by atoms with E-state index in [0.29, 0.717) is 12.2 Å². The van der Waals surface area contributed by atoms with Crippen LogP contribution in [-0.2, 0) is 12.1 Å². The Morgan fingerprint density at radius 3 is 2.71 bits per heavy atom. The van der Waals surface area contributed by atoms with E-state index in [4.69, 9.17) is 16.7 Å². The van der Waals surface area contributed by atoms with E-state index in [2.05, 4.69) is 31.2 Å². The van der Waals surface area contributed by atoms with Crippen molar-refractivity contribution < 1.29 is 9.90 Å². The van der Waals surface area contributed by atoms with Gasteiger partial charge in [-0.25, -0.2) is 4.79 Å². The summed E-state index contributed by atoms with van der Waals surface area (Å²) in [6.07, 6.45) is 3.77. The molecule has 6 heteroatoms. The van der Waals surface area contributed by atoms with Gasteiger partial charge in [-0.2, -0.15) is 5.10 Å². The van der Waals surface area contributed by atoms with Crippen LogP contribution in [0.4, 0.5) is 5.69 Å². The van der Waals surface area contributed by atoms with Crippen LogP contribution >= 0.6 is 11.6 Å². The Labute approximate surface area is 128 Å². The Morgan fingerprint density at radius 2 is 2.14 bits per heavy atom. The zero-order valence-electron chi connectivity index (χ0n) is 12.2. The Balaban J connectivity index is 2.08. The number of benzene rings is 1. The molecule has 0 saturated carbocycles. The van der Waals surface area contributed by atoms with Gasteiger partial charge in [-0.1, -0.05) is 11.6 Å². The number of halogens is 1. The van der Waals surface area contributed by atoms with E-state index in [1.165, 1.54) is 6.07 Å². The number of carbonyl (C=O) groups is 1. The highest BCUT2D eigenvalue weighted by Crippen LogP contribution is 2.21. The van der Waals surface area contributed by atoms with Crippen LogP contribution in [0.3, 0.4) is 0 Å². The van der Waals surface area contributed by atoms with Crippen LogP contribution in [0.15, 0.2) is 30.6 Å². The summed E-state index contributed by atoms with van der Waals surface area (Å²) < 4.78 is 1.90. The second kappa shape index (κ2) is 5.77. The minimum absolute atomic E-state index is 0.0605. The first kappa shape index (κ1) is 15.4. The zero-order valence-corrected chi connectivity index (χ0v) is 13.0. The number of hydrogen-bond donors (Lipinski definition) is 2. The van der Waals surface area contributed by atoms with E-state index in [-0.39, 0.29) is 16.1 Å². The third kappa shape index (κ3) is 3.76. The summed E-state index contributed by atoms with van der Waals surface area (Å²) in [4.78, 5) is 11.0. The lowest BCUT2D eigenvalue weighted by atomic mass is 10.1. The molecule has 0 aliphatic rings. The summed E-state index contributed by atoms with van der Waals surface area (Å²) in [7, 11) is 0. The van der Waals surface area contributed by atoms with Crippen molar-refractivity contribution in [1.29, 1.82) is 0 Å².